The molecule has 0 amide bonds. The van der Waals surface area contributed by atoms with Crippen molar-refractivity contribution >= 4 is 17.6 Å². The minimum absolute atomic E-state index is 0.0510. The Hall–Kier alpha value is -2.20. The fraction of sp³-hybridized carbons (Fsp3) is 0.235. The molecule has 0 fully saturated rings. The predicted octanol–water partition coefficient (Wildman–Crippen LogP) is 3.73. The zero-order chi connectivity index (χ0) is 15.8. The predicted molar refractivity (Wildman–Crippen MR) is 84.4 cm³/mol. The molecule has 1 atom stereocenters. The first-order chi connectivity index (χ1) is 10.7. The van der Waals surface area contributed by atoms with Gasteiger partial charge in [0, 0.05) is 5.02 Å². The first-order valence-electron chi connectivity index (χ1n) is 6.95. The van der Waals surface area contributed by atoms with Crippen LogP contribution in [0, 0.1) is 0 Å². The molecule has 0 aliphatic heterocycles. The van der Waals surface area contributed by atoms with Gasteiger partial charge in [0.1, 0.15) is 18.1 Å². The highest BCUT2D eigenvalue weighted by molar-refractivity contribution is 6.30. The van der Waals surface area contributed by atoms with Crippen molar-refractivity contribution < 1.29 is 19.0 Å². The molecule has 0 aliphatic rings. The molecule has 0 N–H and O–H groups in total. The lowest BCUT2D eigenvalue weighted by molar-refractivity contribution is -0.152. The summed E-state index contributed by atoms with van der Waals surface area (Å²) in [5, 5.41) is 0.620. The highest BCUT2D eigenvalue weighted by atomic mass is 35.5. The minimum atomic E-state index is -0.835. The monoisotopic (exact) mass is 320 g/mol. The van der Waals surface area contributed by atoms with Gasteiger partial charge in [0.25, 0.3) is 0 Å². The molecule has 0 radical (unpaired) electrons. The second-order valence-electron chi connectivity index (χ2n) is 4.44. The third kappa shape index (κ3) is 4.97. The van der Waals surface area contributed by atoms with Crippen molar-refractivity contribution in [2.24, 2.45) is 0 Å². The zero-order valence-corrected chi connectivity index (χ0v) is 13.0. The maximum absolute atomic E-state index is 12.0. The van der Waals surface area contributed by atoms with E-state index in [1.165, 1.54) is 0 Å². The Bertz CT molecular complexity index is 583. The van der Waals surface area contributed by atoms with E-state index in [1.807, 2.05) is 18.2 Å². The molecule has 0 aromatic heterocycles. The third-order valence-corrected chi connectivity index (χ3v) is 3.04. The van der Waals surface area contributed by atoms with Crippen molar-refractivity contribution in [1.29, 1.82) is 0 Å². The van der Waals surface area contributed by atoms with Crippen LogP contribution in [0.4, 0.5) is 0 Å². The van der Waals surface area contributed by atoms with Crippen molar-refractivity contribution in [3.05, 3.63) is 59.6 Å². The SMILES string of the molecule is CCOC(=O)C(COc1ccc(Cl)cc1)Oc1ccccc1. The normalized spacial score (nSPS) is 11.5. The van der Waals surface area contributed by atoms with Gasteiger partial charge in [-0.1, -0.05) is 29.8 Å². The molecule has 1 unspecified atom stereocenters. The number of hydrogen-bond donors (Lipinski definition) is 0. The van der Waals surface area contributed by atoms with Gasteiger partial charge in [-0.25, -0.2) is 4.79 Å². The van der Waals surface area contributed by atoms with Crippen LogP contribution in [0.1, 0.15) is 6.92 Å². The number of para-hydroxylation sites is 1. The van der Waals surface area contributed by atoms with Gasteiger partial charge in [0.15, 0.2) is 0 Å². The Morgan fingerprint density at radius 2 is 1.73 bits per heavy atom. The van der Waals surface area contributed by atoms with Gasteiger partial charge in [-0.15, -0.1) is 0 Å². The van der Waals surface area contributed by atoms with E-state index in [9.17, 15) is 4.79 Å². The van der Waals surface area contributed by atoms with Crippen LogP contribution in [0.2, 0.25) is 5.02 Å². The summed E-state index contributed by atoms with van der Waals surface area (Å²) < 4.78 is 16.2. The Morgan fingerprint density at radius 3 is 2.36 bits per heavy atom. The number of rotatable bonds is 7. The van der Waals surface area contributed by atoms with E-state index < -0.39 is 12.1 Å². The average molecular weight is 321 g/mol. The molecule has 0 heterocycles. The van der Waals surface area contributed by atoms with Crippen molar-refractivity contribution in [2.75, 3.05) is 13.2 Å². The first-order valence-corrected chi connectivity index (χ1v) is 7.33. The number of carbonyl (C=O) groups is 1. The molecule has 0 bridgehead atoms. The summed E-state index contributed by atoms with van der Waals surface area (Å²) in [6, 6.07) is 16.0. The van der Waals surface area contributed by atoms with Gasteiger partial charge < -0.3 is 14.2 Å². The van der Waals surface area contributed by atoms with Crippen LogP contribution in [0.25, 0.3) is 0 Å². The lowest BCUT2D eigenvalue weighted by Gasteiger charge is -2.18. The fourth-order valence-electron chi connectivity index (χ4n) is 1.75. The van der Waals surface area contributed by atoms with Crippen LogP contribution in [0.5, 0.6) is 11.5 Å². The molecule has 5 heteroatoms. The van der Waals surface area contributed by atoms with E-state index in [0.717, 1.165) is 0 Å². The van der Waals surface area contributed by atoms with E-state index >= 15 is 0 Å². The summed E-state index contributed by atoms with van der Waals surface area (Å²) in [5.41, 5.74) is 0. The van der Waals surface area contributed by atoms with Crippen LogP contribution >= 0.6 is 11.6 Å². The van der Waals surface area contributed by atoms with Gasteiger partial charge in [-0.3, -0.25) is 0 Å². The van der Waals surface area contributed by atoms with Crippen molar-refractivity contribution in [1.82, 2.24) is 0 Å². The topological polar surface area (TPSA) is 44.8 Å². The molecular weight excluding hydrogens is 304 g/mol. The molecule has 2 aromatic carbocycles. The maximum Gasteiger partial charge on any atom is 0.350 e. The van der Waals surface area contributed by atoms with Gasteiger partial charge in [-0.05, 0) is 43.3 Å². The average Bonchev–Trinajstić information content (AvgIpc) is 2.54. The van der Waals surface area contributed by atoms with E-state index in [4.69, 9.17) is 25.8 Å². The van der Waals surface area contributed by atoms with Crippen molar-refractivity contribution in [2.45, 2.75) is 13.0 Å². The largest absolute Gasteiger partial charge is 0.489 e. The smallest absolute Gasteiger partial charge is 0.350 e. The number of benzene rings is 2. The Balaban J connectivity index is 2.00. The molecule has 116 valence electrons. The fourth-order valence-corrected chi connectivity index (χ4v) is 1.88. The summed E-state index contributed by atoms with van der Waals surface area (Å²) in [4.78, 5) is 12.0. The molecule has 0 saturated carbocycles. The second-order valence-corrected chi connectivity index (χ2v) is 4.87. The molecule has 0 spiro atoms. The molecule has 2 aromatic rings. The van der Waals surface area contributed by atoms with Gasteiger partial charge in [0.2, 0.25) is 6.10 Å². The summed E-state index contributed by atoms with van der Waals surface area (Å²) in [6.45, 7) is 2.08. The lowest BCUT2D eigenvalue weighted by atomic mass is 10.3. The zero-order valence-electron chi connectivity index (χ0n) is 12.2. The third-order valence-electron chi connectivity index (χ3n) is 2.79. The minimum Gasteiger partial charge on any atom is -0.489 e. The number of hydrogen-bond acceptors (Lipinski definition) is 4. The van der Waals surface area contributed by atoms with Crippen LogP contribution < -0.4 is 9.47 Å². The van der Waals surface area contributed by atoms with Crippen LogP contribution in [-0.4, -0.2) is 25.3 Å². The van der Waals surface area contributed by atoms with Crippen LogP contribution in [-0.2, 0) is 9.53 Å². The highest BCUT2D eigenvalue weighted by Gasteiger charge is 2.23. The van der Waals surface area contributed by atoms with E-state index in [0.29, 0.717) is 16.5 Å². The summed E-state index contributed by atoms with van der Waals surface area (Å²) in [5.74, 6) is 0.732. The Labute approximate surface area is 134 Å². The molecule has 4 nitrogen and oxygen atoms in total. The van der Waals surface area contributed by atoms with Crippen molar-refractivity contribution in [3.63, 3.8) is 0 Å². The van der Waals surface area contributed by atoms with Gasteiger partial charge in [0.05, 0.1) is 6.61 Å². The summed E-state index contributed by atoms with van der Waals surface area (Å²) >= 11 is 5.82. The van der Waals surface area contributed by atoms with Gasteiger partial charge in [-0.2, -0.15) is 0 Å². The number of esters is 1. The van der Waals surface area contributed by atoms with Crippen molar-refractivity contribution in [3.8, 4) is 11.5 Å². The lowest BCUT2D eigenvalue weighted by Crippen LogP contribution is -2.35. The summed E-state index contributed by atoms with van der Waals surface area (Å²) in [6.07, 6.45) is -0.835. The number of ether oxygens (including phenoxy) is 3. The standard InChI is InChI=1S/C17H17ClO4/c1-2-20-17(19)16(22-15-6-4-3-5-7-15)12-21-14-10-8-13(18)9-11-14/h3-11,16H,2,12H2,1H3. The van der Waals surface area contributed by atoms with Gasteiger partial charge >= 0.3 is 5.97 Å². The number of carbonyl (C=O) groups excluding carboxylic acids is 1. The van der Waals surface area contributed by atoms with E-state index in [1.54, 1.807) is 43.3 Å². The highest BCUT2D eigenvalue weighted by Crippen LogP contribution is 2.17. The molecule has 0 saturated heterocycles. The Morgan fingerprint density at radius 1 is 1.05 bits per heavy atom. The maximum atomic E-state index is 12.0. The second kappa shape index (κ2) is 8.29. The van der Waals surface area contributed by atoms with Crippen LogP contribution in [0.3, 0.4) is 0 Å². The van der Waals surface area contributed by atoms with Crippen LogP contribution in [0.15, 0.2) is 54.6 Å². The number of halogens is 1. The van der Waals surface area contributed by atoms with E-state index in [-0.39, 0.29) is 13.2 Å². The summed E-state index contributed by atoms with van der Waals surface area (Å²) in [7, 11) is 0. The first kappa shape index (κ1) is 16.2. The molecule has 0 aliphatic carbocycles. The molecular formula is C17H17ClO4. The molecule has 2 rings (SSSR count). The van der Waals surface area contributed by atoms with E-state index in [2.05, 4.69) is 0 Å². The quantitative estimate of drug-likeness (QED) is 0.729. The Kier molecular flexibility index (Phi) is 6.10. The molecule has 22 heavy (non-hydrogen) atoms.